The third-order valence-electron chi connectivity index (χ3n) is 5.68. The van der Waals surface area contributed by atoms with Crippen molar-refractivity contribution in [1.29, 1.82) is 0 Å². The Kier molecular flexibility index (Phi) is 12.8. The van der Waals surface area contributed by atoms with Gasteiger partial charge in [-0.2, -0.15) is 4.39 Å². The van der Waals surface area contributed by atoms with E-state index in [9.17, 15) is 9.18 Å². The van der Waals surface area contributed by atoms with Crippen molar-refractivity contribution in [3.63, 3.8) is 0 Å². The van der Waals surface area contributed by atoms with Gasteiger partial charge in [0.05, 0.1) is 6.61 Å². The van der Waals surface area contributed by atoms with E-state index in [1.165, 1.54) is 12.3 Å². The van der Waals surface area contributed by atoms with Crippen molar-refractivity contribution in [3.05, 3.63) is 84.4 Å². The molecule has 5 nitrogen and oxygen atoms in total. The first-order valence-corrected chi connectivity index (χ1v) is 12.8. The molecule has 4 rings (SSSR count). The first-order valence-electron chi connectivity index (χ1n) is 12.8. The van der Waals surface area contributed by atoms with Crippen molar-refractivity contribution in [2.75, 3.05) is 18.6 Å². The minimum absolute atomic E-state index is 0.0192. The van der Waals surface area contributed by atoms with Crippen molar-refractivity contribution in [3.8, 4) is 11.1 Å². The number of pyridine rings is 1. The first-order chi connectivity index (χ1) is 17.5. The SMILES string of the molecule is CC.CCC[C@H](N)CN(C(=O)C1CC1)c1ccc(-c2ccc(COC)cc2)cc1.Fc1ccccn1. The minimum Gasteiger partial charge on any atom is -0.380 e. The van der Waals surface area contributed by atoms with Crippen LogP contribution in [0.25, 0.3) is 11.1 Å². The number of halogens is 1. The molecule has 1 aliphatic carbocycles. The normalized spacial score (nSPS) is 12.9. The number of carbonyl (C=O) groups excluding carboxylic acids is 1. The second-order valence-corrected chi connectivity index (χ2v) is 8.60. The van der Waals surface area contributed by atoms with Gasteiger partial charge in [-0.1, -0.05) is 69.7 Å². The van der Waals surface area contributed by atoms with E-state index in [0.717, 1.165) is 48.1 Å². The summed E-state index contributed by atoms with van der Waals surface area (Å²) in [7, 11) is 1.70. The predicted octanol–water partition coefficient (Wildman–Crippen LogP) is 6.62. The standard InChI is InChI=1S/C23H30N2O2.C5H4FN.C2H6/c1-3-4-21(24)15-25(23(26)20-9-10-20)22-13-11-19(12-14-22)18-7-5-17(6-8-18)16-27-2;6-5-3-1-2-4-7-5;1-2/h5-8,11-14,20-21H,3-4,9-10,15-16,24H2,1-2H3;1-4H;1-2H3/t21-;;/m0../s1. The lowest BCUT2D eigenvalue weighted by atomic mass is 10.0. The van der Waals surface area contributed by atoms with Crippen LogP contribution in [0.2, 0.25) is 0 Å². The summed E-state index contributed by atoms with van der Waals surface area (Å²) in [6, 6.07) is 21.2. The van der Waals surface area contributed by atoms with Gasteiger partial charge in [-0.3, -0.25) is 4.79 Å². The average molecular weight is 494 g/mol. The second kappa shape index (κ2) is 15.8. The Morgan fingerprint density at radius 1 is 1.06 bits per heavy atom. The van der Waals surface area contributed by atoms with E-state index in [1.54, 1.807) is 19.2 Å². The summed E-state index contributed by atoms with van der Waals surface area (Å²) in [6.45, 7) is 7.34. The number of hydrogen-bond acceptors (Lipinski definition) is 4. The lowest BCUT2D eigenvalue weighted by Gasteiger charge is -2.26. The average Bonchev–Trinajstić information content (AvgIpc) is 3.76. The lowest BCUT2D eigenvalue weighted by Crippen LogP contribution is -2.42. The van der Waals surface area contributed by atoms with Gasteiger partial charge in [0.1, 0.15) is 0 Å². The zero-order valence-electron chi connectivity index (χ0n) is 22.0. The van der Waals surface area contributed by atoms with Crippen molar-refractivity contribution < 1.29 is 13.9 Å². The first kappa shape index (κ1) is 29.1. The van der Waals surface area contributed by atoms with E-state index >= 15 is 0 Å². The maximum atomic E-state index is 12.8. The van der Waals surface area contributed by atoms with Crippen molar-refractivity contribution in [1.82, 2.24) is 4.98 Å². The van der Waals surface area contributed by atoms with Gasteiger partial charge in [0, 0.05) is 37.5 Å². The van der Waals surface area contributed by atoms with Crippen LogP contribution in [0.1, 0.15) is 52.0 Å². The molecule has 0 bridgehead atoms. The molecular formula is C30H40FN3O2. The molecule has 1 amide bonds. The lowest BCUT2D eigenvalue weighted by molar-refractivity contribution is -0.119. The summed E-state index contributed by atoms with van der Waals surface area (Å²) >= 11 is 0. The summed E-state index contributed by atoms with van der Waals surface area (Å²) < 4.78 is 17.0. The molecule has 1 atom stereocenters. The number of amides is 1. The molecule has 6 heteroatoms. The Morgan fingerprint density at radius 2 is 1.67 bits per heavy atom. The molecule has 0 spiro atoms. The van der Waals surface area contributed by atoms with E-state index < -0.39 is 5.95 Å². The summed E-state index contributed by atoms with van der Waals surface area (Å²) in [6.07, 6.45) is 5.38. The molecule has 2 aromatic carbocycles. The second-order valence-electron chi connectivity index (χ2n) is 8.60. The fourth-order valence-electron chi connectivity index (χ4n) is 3.71. The zero-order valence-corrected chi connectivity index (χ0v) is 22.0. The number of methoxy groups -OCH3 is 1. The van der Waals surface area contributed by atoms with Crippen molar-refractivity contribution in [2.45, 2.75) is 59.1 Å². The van der Waals surface area contributed by atoms with Gasteiger partial charge >= 0.3 is 0 Å². The molecule has 36 heavy (non-hydrogen) atoms. The largest absolute Gasteiger partial charge is 0.380 e. The molecule has 1 heterocycles. The van der Waals surface area contributed by atoms with Crippen molar-refractivity contribution >= 4 is 11.6 Å². The Labute approximate surface area is 215 Å². The fraction of sp³-hybridized carbons (Fsp3) is 0.400. The van der Waals surface area contributed by atoms with Crippen molar-refractivity contribution in [2.24, 2.45) is 11.7 Å². The van der Waals surface area contributed by atoms with Crippen LogP contribution < -0.4 is 10.6 Å². The summed E-state index contributed by atoms with van der Waals surface area (Å²) in [5.74, 6) is -0.0208. The summed E-state index contributed by atoms with van der Waals surface area (Å²) in [5.41, 5.74) is 10.6. The van der Waals surface area contributed by atoms with Gasteiger partial charge in [-0.25, -0.2) is 4.98 Å². The highest BCUT2D eigenvalue weighted by molar-refractivity contribution is 5.96. The highest BCUT2D eigenvalue weighted by atomic mass is 19.1. The van der Waals surface area contributed by atoms with E-state index in [4.69, 9.17) is 10.5 Å². The number of benzene rings is 2. The zero-order chi connectivity index (χ0) is 26.3. The molecule has 0 saturated heterocycles. The van der Waals surface area contributed by atoms with E-state index in [-0.39, 0.29) is 17.9 Å². The molecule has 1 aliphatic rings. The van der Waals surface area contributed by atoms with Gasteiger partial charge in [0.15, 0.2) is 0 Å². The highest BCUT2D eigenvalue weighted by Crippen LogP contribution is 2.33. The molecule has 0 unspecified atom stereocenters. The highest BCUT2D eigenvalue weighted by Gasteiger charge is 2.34. The Bertz CT molecular complexity index is 1010. The Morgan fingerprint density at radius 3 is 2.11 bits per heavy atom. The van der Waals surface area contributed by atoms with Crippen LogP contribution in [0.15, 0.2) is 72.9 Å². The predicted molar refractivity (Wildman–Crippen MR) is 146 cm³/mol. The topological polar surface area (TPSA) is 68.5 Å². The van der Waals surface area contributed by atoms with Gasteiger partial charge in [0.2, 0.25) is 11.9 Å². The molecule has 2 N–H and O–H groups in total. The molecule has 0 radical (unpaired) electrons. The van der Waals surface area contributed by atoms with Crippen LogP contribution in [-0.4, -0.2) is 30.6 Å². The van der Waals surface area contributed by atoms with Crippen LogP contribution in [0, 0.1) is 11.9 Å². The molecule has 1 aromatic heterocycles. The number of rotatable bonds is 9. The third-order valence-corrected chi connectivity index (χ3v) is 5.68. The van der Waals surface area contributed by atoms with Gasteiger partial charge in [-0.05, 0) is 60.2 Å². The van der Waals surface area contributed by atoms with Crippen LogP contribution in [0.5, 0.6) is 0 Å². The minimum atomic E-state index is -0.428. The number of nitrogens with two attached hydrogens (primary N) is 1. The summed E-state index contributed by atoms with van der Waals surface area (Å²) in [5, 5.41) is 0. The number of nitrogens with zero attached hydrogens (tertiary/aromatic N) is 2. The number of anilines is 1. The molecule has 1 fully saturated rings. The van der Waals surface area contributed by atoms with Gasteiger partial charge in [-0.15, -0.1) is 0 Å². The molecular weight excluding hydrogens is 453 g/mol. The van der Waals surface area contributed by atoms with Crippen LogP contribution >= 0.6 is 0 Å². The fourth-order valence-corrected chi connectivity index (χ4v) is 3.71. The maximum absolute atomic E-state index is 12.8. The Balaban J connectivity index is 0.000000431. The molecule has 3 aromatic rings. The quantitative estimate of drug-likeness (QED) is 0.340. The smallest absolute Gasteiger partial charge is 0.230 e. The molecule has 194 valence electrons. The Hall–Kier alpha value is -3.09. The summed E-state index contributed by atoms with van der Waals surface area (Å²) in [4.78, 5) is 18.0. The number of hydrogen-bond donors (Lipinski definition) is 1. The van der Waals surface area contributed by atoms with Crippen LogP contribution in [0.4, 0.5) is 10.1 Å². The number of ether oxygens (including phenoxy) is 1. The van der Waals surface area contributed by atoms with E-state index in [1.807, 2.05) is 30.9 Å². The van der Waals surface area contributed by atoms with Gasteiger partial charge in [0.25, 0.3) is 0 Å². The monoisotopic (exact) mass is 493 g/mol. The third kappa shape index (κ3) is 9.51. The maximum Gasteiger partial charge on any atom is 0.230 e. The molecule has 0 aliphatic heterocycles. The number of carbonyl (C=O) groups is 1. The molecule has 1 saturated carbocycles. The van der Waals surface area contributed by atoms with E-state index in [0.29, 0.717) is 13.2 Å². The van der Waals surface area contributed by atoms with Crippen LogP contribution in [-0.2, 0) is 16.1 Å². The van der Waals surface area contributed by atoms with Gasteiger partial charge < -0.3 is 15.4 Å². The van der Waals surface area contributed by atoms with Crippen LogP contribution in [0.3, 0.4) is 0 Å². The number of aromatic nitrogens is 1. The van der Waals surface area contributed by atoms with E-state index in [2.05, 4.69) is 48.3 Å².